The predicted octanol–water partition coefficient (Wildman–Crippen LogP) is 2.28. The zero-order chi connectivity index (χ0) is 14.0. The van der Waals surface area contributed by atoms with E-state index in [2.05, 4.69) is 13.8 Å². The summed E-state index contributed by atoms with van der Waals surface area (Å²) in [6.45, 7) is 5.83. The average molecular weight is 262 g/mol. The molecule has 104 valence electrons. The highest BCUT2D eigenvalue weighted by molar-refractivity contribution is 5.78. The van der Waals surface area contributed by atoms with Crippen molar-refractivity contribution in [3.63, 3.8) is 0 Å². The molecule has 1 aliphatic heterocycles. The van der Waals surface area contributed by atoms with Crippen molar-refractivity contribution < 1.29 is 9.53 Å². The van der Waals surface area contributed by atoms with Gasteiger partial charge in [0.05, 0.1) is 12.8 Å². The van der Waals surface area contributed by atoms with Crippen LogP contribution in [0.5, 0.6) is 5.75 Å². The molecule has 2 rings (SSSR count). The number of amides is 1. The molecule has 1 aromatic rings. The third-order valence-corrected chi connectivity index (χ3v) is 3.85. The lowest BCUT2D eigenvalue weighted by Gasteiger charge is -2.18. The molecular weight excluding hydrogens is 240 g/mol. The summed E-state index contributed by atoms with van der Waals surface area (Å²) < 4.78 is 5.13. The predicted molar refractivity (Wildman–Crippen MR) is 75.8 cm³/mol. The van der Waals surface area contributed by atoms with Crippen molar-refractivity contribution in [2.45, 2.75) is 26.8 Å². The normalized spacial score (nSPS) is 19.3. The highest BCUT2D eigenvalue weighted by Gasteiger charge is 2.31. The number of carbonyl (C=O) groups excluding carboxylic acids is 1. The summed E-state index contributed by atoms with van der Waals surface area (Å²) in [4.78, 5) is 13.9. The van der Waals surface area contributed by atoms with Gasteiger partial charge in [0, 0.05) is 19.5 Å². The van der Waals surface area contributed by atoms with Crippen LogP contribution in [-0.2, 0) is 11.3 Å². The molecule has 0 aliphatic carbocycles. The van der Waals surface area contributed by atoms with Crippen molar-refractivity contribution >= 4 is 11.6 Å². The number of anilines is 1. The van der Waals surface area contributed by atoms with E-state index in [1.165, 1.54) is 0 Å². The fraction of sp³-hybridized carbons (Fsp3) is 0.533. The highest BCUT2D eigenvalue weighted by Crippen LogP contribution is 2.28. The Morgan fingerprint density at radius 2 is 2.21 bits per heavy atom. The molecule has 1 unspecified atom stereocenters. The first-order chi connectivity index (χ1) is 9.01. The van der Waals surface area contributed by atoms with Crippen LogP contribution in [0.4, 0.5) is 5.69 Å². The number of benzene rings is 1. The van der Waals surface area contributed by atoms with Gasteiger partial charge in [-0.3, -0.25) is 4.79 Å². The fourth-order valence-corrected chi connectivity index (χ4v) is 2.50. The van der Waals surface area contributed by atoms with Gasteiger partial charge in [-0.25, -0.2) is 0 Å². The van der Waals surface area contributed by atoms with Crippen LogP contribution in [-0.4, -0.2) is 24.5 Å². The number of hydrogen-bond acceptors (Lipinski definition) is 3. The van der Waals surface area contributed by atoms with Gasteiger partial charge in [-0.05, 0) is 29.5 Å². The van der Waals surface area contributed by atoms with Gasteiger partial charge in [0.1, 0.15) is 5.75 Å². The lowest BCUT2D eigenvalue weighted by Crippen LogP contribution is -2.25. The zero-order valence-electron chi connectivity index (χ0n) is 11.8. The Bertz CT molecular complexity index is 471. The lowest BCUT2D eigenvalue weighted by molar-refractivity contribution is -0.128. The number of nitrogen functional groups attached to an aromatic ring is 1. The van der Waals surface area contributed by atoms with E-state index in [1.807, 2.05) is 23.1 Å². The minimum Gasteiger partial charge on any atom is -0.495 e. The molecule has 0 radical (unpaired) electrons. The molecule has 4 nitrogen and oxygen atoms in total. The number of rotatable bonds is 4. The van der Waals surface area contributed by atoms with Gasteiger partial charge in [-0.2, -0.15) is 0 Å². The molecule has 19 heavy (non-hydrogen) atoms. The maximum absolute atomic E-state index is 12.0. The zero-order valence-corrected chi connectivity index (χ0v) is 11.8. The Morgan fingerprint density at radius 1 is 1.47 bits per heavy atom. The average Bonchev–Trinajstić information content (AvgIpc) is 2.71. The largest absolute Gasteiger partial charge is 0.495 e. The molecule has 1 fully saturated rings. The molecule has 1 amide bonds. The van der Waals surface area contributed by atoms with E-state index in [-0.39, 0.29) is 5.91 Å². The number of nitrogens with zero attached hydrogens (tertiary/aromatic N) is 1. The van der Waals surface area contributed by atoms with Gasteiger partial charge in [0.2, 0.25) is 5.91 Å². The Labute approximate surface area is 114 Å². The smallest absolute Gasteiger partial charge is 0.223 e. The molecule has 4 heteroatoms. The molecule has 1 heterocycles. The molecule has 0 spiro atoms. The summed E-state index contributed by atoms with van der Waals surface area (Å²) in [6.07, 6.45) is 0.670. The van der Waals surface area contributed by atoms with E-state index in [0.717, 1.165) is 12.1 Å². The molecular formula is C15H22N2O2. The van der Waals surface area contributed by atoms with Crippen LogP contribution < -0.4 is 10.5 Å². The van der Waals surface area contributed by atoms with Crippen LogP contribution in [0.15, 0.2) is 18.2 Å². The molecule has 1 saturated heterocycles. The lowest BCUT2D eigenvalue weighted by atomic mass is 9.95. The summed E-state index contributed by atoms with van der Waals surface area (Å²) in [5.41, 5.74) is 7.56. The number of nitrogens with two attached hydrogens (primary N) is 1. The van der Waals surface area contributed by atoms with Crippen LogP contribution in [0.3, 0.4) is 0 Å². The summed E-state index contributed by atoms with van der Waals surface area (Å²) in [5.74, 6) is 1.95. The van der Waals surface area contributed by atoms with Gasteiger partial charge >= 0.3 is 0 Å². The van der Waals surface area contributed by atoms with Gasteiger partial charge in [-0.15, -0.1) is 0 Å². The second kappa shape index (κ2) is 5.51. The van der Waals surface area contributed by atoms with Crippen molar-refractivity contribution in [3.05, 3.63) is 23.8 Å². The number of ether oxygens (including phenoxy) is 1. The second-order valence-corrected chi connectivity index (χ2v) is 5.56. The fourth-order valence-electron chi connectivity index (χ4n) is 2.50. The molecule has 1 aromatic carbocycles. The third-order valence-electron chi connectivity index (χ3n) is 3.85. The second-order valence-electron chi connectivity index (χ2n) is 5.56. The number of methoxy groups -OCH3 is 1. The van der Waals surface area contributed by atoms with Crippen LogP contribution in [0.2, 0.25) is 0 Å². The maximum atomic E-state index is 12.0. The number of likely N-dealkylation sites (tertiary alicyclic amines) is 1. The topological polar surface area (TPSA) is 55.6 Å². The maximum Gasteiger partial charge on any atom is 0.223 e. The summed E-state index contributed by atoms with van der Waals surface area (Å²) in [7, 11) is 1.60. The minimum atomic E-state index is 0.244. The Morgan fingerprint density at radius 3 is 2.74 bits per heavy atom. The van der Waals surface area contributed by atoms with Crippen LogP contribution >= 0.6 is 0 Å². The van der Waals surface area contributed by atoms with E-state index in [9.17, 15) is 4.79 Å². The monoisotopic (exact) mass is 262 g/mol. The standard InChI is InChI=1S/C15H22N2O2/c1-10(2)12-7-15(18)17(9-12)8-11-4-5-14(19-3)13(16)6-11/h4-6,10,12H,7-9,16H2,1-3H3. The van der Waals surface area contributed by atoms with E-state index >= 15 is 0 Å². The Hall–Kier alpha value is -1.71. The van der Waals surface area contributed by atoms with Crippen molar-refractivity contribution in [1.82, 2.24) is 4.90 Å². The first-order valence-electron chi connectivity index (χ1n) is 6.71. The quantitative estimate of drug-likeness (QED) is 0.847. The summed E-state index contributed by atoms with van der Waals surface area (Å²) in [5, 5.41) is 0. The molecule has 1 atom stereocenters. The van der Waals surface area contributed by atoms with Gasteiger partial charge < -0.3 is 15.4 Å². The van der Waals surface area contributed by atoms with Crippen LogP contribution in [0.1, 0.15) is 25.8 Å². The Kier molecular flexibility index (Phi) is 3.98. The first-order valence-corrected chi connectivity index (χ1v) is 6.71. The summed E-state index contributed by atoms with van der Waals surface area (Å²) >= 11 is 0. The third kappa shape index (κ3) is 3.00. The van der Waals surface area contributed by atoms with E-state index in [4.69, 9.17) is 10.5 Å². The first kappa shape index (κ1) is 13.7. The van der Waals surface area contributed by atoms with E-state index in [1.54, 1.807) is 7.11 Å². The Balaban J connectivity index is 2.05. The SMILES string of the molecule is COc1ccc(CN2CC(C(C)C)CC2=O)cc1N. The molecule has 0 saturated carbocycles. The van der Waals surface area contributed by atoms with Crippen molar-refractivity contribution in [2.24, 2.45) is 11.8 Å². The van der Waals surface area contributed by atoms with Crippen molar-refractivity contribution in [2.75, 3.05) is 19.4 Å². The minimum absolute atomic E-state index is 0.244. The molecule has 2 N–H and O–H groups in total. The molecule has 1 aliphatic rings. The molecule has 0 bridgehead atoms. The highest BCUT2D eigenvalue weighted by atomic mass is 16.5. The summed E-state index contributed by atoms with van der Waals surface area (Å²) in [6, 6.07) is 5.70. The van der Waals surface area contributed by atoms with Crippen molar-refractivity contribution in [3.8, 4) is 5.75 Å². The van der Waals surface area contributed by atoms with Gasteiger partial charge in [-0.1, -0.05) is 19.9 Å². The van der Waals surface area contributed by atoms with Crippen molar-refractivity contribution in [1.29, 1.82) is 0 Å². The van der Waals surface area contributed by atoms with Gasteiger partial charge in [0.25, 0.3) is 0 Å². The van der Waals surface area contributed by atoms with E-state index in [0.29, 0.717) is 36.2 Å². The van der Waals surface area contributed by atoms with Gasteiger partial charge in [0.15, 0.2) is 0 Å². The number of carbonyl (C=O) groups is 1. The molecule has 0 aromatic heterocycles. The van der Waals surface area contributed by atoms with Crippen LogP contribution in [0, 0.1) is 11.8 Å². The number of hydrogen-bond donors (Lipinski definition) is 1. The van der Waals surface area contributed by atoms with E-state index < -0.39 is 0 Å². The van der Waals surface area contributed by atoms with Crippen LogP contribution in [0.25, 0.3) is 0 Å².